The first-order valence-corrected chi connectivity index (χ1v) is 10.7. The molecule has 0 fully saturated rings. The molecule has 6 nitrogen and oxygen atoms in total. The smallest absolute Gasteiger partial charge is 0.214 e. The van der Waals surface area contributed by atoms with Crippen LogP contribution in [0.4, 0.5) is 0 Å². The van der Waals surface area contributed by atoms with Gasteiger partial charge >= 0.3 is 0 Å². The zero-order valence-electron chi connectivity index (χ0n) is 15.8. The Kier molecular flexibility index (Phi) is 7.45. The molecule has 0 atom stereocenters. The maximum atomic E-state index is 6.12. The van der Waals surface area contributed by atoms with Crippen molar-refractivity contribution >= 4 is 51.3 Å². The van der Waals surface area contributed by atoms with Crippen LogP contribution in [0.1, 0.15) is 23.9 Å². The van der Waals surface area contributed by atoms with E-state index < -0.39 is 0 Å². The summed E-state index contributed by atoms with van der Waals surface area (Å²) in [5.41, 5.74) is 5.07. The van der Waals surface area contributed by atoms with E-state index in [1.54, 1.807) is 23.9 Å². The number of rotatable bonds is 8. The Labute approximate surface area is 192 Å². The van der Waals surface area contributed by atoms with Crippen molar-refractivity contribution in [3.63, 3.8) is 0 Å². The van der Waals surface area contributed by atoms with Gasteiger partial charge in [-0.15, -0.1) is 0 Å². The molecule has 0 unspecified atom stereocenters. The highest BCUT2D eigenvalue weighted by Crippen LogP contribution is 2.37. The van der Waals surface area contributed by atoms with Gasteiger partial charge in [-0.3, -0.25) is 5.10 Å². The Hall–Kier alpha value is -1.74. The van der Waals surface area contributed by atoms with Crippen molar-refractivity contribution in [2.45, 2.75) is 26.5 Å². The third kappa shape index (κ3) is 5.06. The van der Waals surface area contributed by atoms with E-state index in [2.05, 4.69) is 31.6 Å². The Morgan fingerprint density at radius 3 is 2.72 bits per heavy atom. The Bertz CT molecular complexity index is 1070. The van der Waals surface area contributed by atoms with Crippen LogP contribution in [0, 0.1) is 4.77 Å². The van der Waals surface area contributed by atoms with Gasteiger partial charge in [0.1, 0.15) is 6.61 Å². The van der Waals surface area contributed by atoms with Crippen molar-refractivity contribution in [2.75, 3.05) is 12.5 Å². The summed E-state index contributed by atoms with van der Waals surface area (Å²) in [5, 5.41) is 7.99. The molecular weight excluding hydrogens is 499 g/mol. The van der Waals surface area contributed by atoms with Gasteiger partial charge in [0.2, 0.25) is 4.77 Å². The van der Waals surface area contributed by atoms with Crippen LogP contribution in [0.5, 0.6) is 11.5 Å². The molecule has 0 amide bonds. The fourth-order valence-corrected chi connectivity index (χ4v) is 3.73. The summed E-state index contributed by atoms with van der Waals surface area (Å²) >= 11 is 21.0. The number of nitrogens with zero attached hydrogens (tertiary/aromatic N) is 2. The number of ether oxygens (including phenoxy) is 2. The Morgan fingerprint density at radius 1 is 1.24 bits per heavy atom. The second-order valence-electron chi connectivity index (χ2n) is 6.06. The van der Waals surface area contributed by atoms with Crippen LogP contribution in [0.15, 0.2) is 34.8 Å². The van der Waals surface area contributed by atoms with E-state index in [1.807, 2.05) is 25.1 Å². The summed E-state index contributed by atoms with van der Waals surface area (Å²) < 4.78 is 14.8. The molecule has 10 heteroatoms. The van der Waals surface area contributed by atoms with Crippen LogP contribution in [0.2, 0.25) is 10.0 Å². The summed E-state index contributed by atoms with van der Waals surface area (Å²) in [6.07, 6.45) is 0.736. The lowest BCUT2D eigenvalue weighted by molar-refractivity contribution is 0.281. The third-order valence-corrected chi connectivity index (χ3v) is 5.98. The number of hydrogen-bond acceptors (Lipinski definition) is 5. The topological polar surface area (TPSA) is 64.1 Å². The lowest BCUT2D eigenvalue weighted by atomic mass is 10.1. The number of halogens is 3. The van der Waals surface area contributed by atoms with Gasteiger partial charge < -0.3 is 14.9 Å². The average molecular weight is 518 g/mol. The molecule has 1 aromatic heterocycles. The average Bonchev–Trinajstić information content (AvgIpc) is 3.07. The first-order chi connectivity index (χ1) is 13.9. The lowest BCUT2D eigenvalue weighted by Gasteiger charge is -2.18. The summed E-state index contributed by atoms with van der Waals surface area (Å²) in [7, 11) is 1.60. The molecule has 0 radical (unpaired) electrons. The van der Waals surface area contributed by atoms with Gasteiger partial charge in [-0.1, -0.05) is 52.1 Å². The zero-order valence-corrected chi connectivity index (χ0v) is 19.7. The van der Waals surface area contributed by atoms with Gasteiger partial charge in [0.15, 0.2) is 17.3 Å². The number of aryl methyl sites for hydroxylation is 1. The van der Waals surface area contributed by atoms with Gasteiger partial charge in [0.05, 0.1) is 23.7 Å². The van der Waals surface area contributed by atoms with E-state index in [0.717, 1.165) is 27.8 Å². The van der Waals surface area contributed by atoms with Crippen LogP contribution in [0.3, 0.4) is 0 Å². The van der Waals surface area contributed by atoms with E-state index in [1.165, 1.54) is 0 Å². The van der Waals surface area contributed by atoms with Crippen molar-refractivity contribution < 1.29 is 9.47 Å². The quantitative estimate of drug-likeness (QED) is 0.364. The molecule has 0 aliphatic carbocycles. The molecule has 154 valence electrons. The van der Waals surface area contributed by atoms with Crippen molar-refractivity contribution in [3.8, 4) is 11.5 Å². The summed E-state index contributed by atoms with van der Waals surface area (Å²) in [6.45, 7) is 2.76. The van der Waals surface area contributed by atoms with E-state index in [-0.39, 0.29) is 0 Å². The summed E-state index contributed by atoms with van der Waals surface area (Å²) in [6, 6.07) is 9.16. The van der Waals surface area contributed by atoms with Crippen LogP contribution < -0.4 is 14.9 Å². The number of aromatic nitrogens is 3. The number of hydrogen-bond donors (Lipinski definition) is 2. The lowest BCUT2D eigenvalue weighted by Crippen LogP contribution is -2.18. The molecule has 3 rings (SSSR count). The molecule has 2 N–H and O–H groups in total. The highest BCUT2D eigenvalue weighted by molar-refractivity contribution is 9.10. The molecule has 0 aliphatic heterocycles. The van der Waals surface area contributed by atoms with Gasteiger partial charge in [-0.05, 0) is 42.0 Å². The van der Waals surface area contributed by atoms with Crippen LogP contribution in [-0.2, 0) is 19.6 Å². The predicted molar refractivity (Wildman–Crippen MR) is 121 cm³/mol. The molecule has 0 saturated carbocycles. The van der Waals surface area contributed by atoms with Gasteiger partial charge in [-0.2, -0.15) is 5.10 Å². The van der Waals surface area contributed by atoms with Crippen LogP contribution >= 0.6 is 51.3 Å². The number of nitrogens with one attached hydrogen (secondary N) is 2. The van der Waals surface area contributed by atoms with Crippen molar-refractivity contribution in [3.05, 3.63) is 66.6 Å². The molecule has 0 bridgehead atoms. The second-order valence-corrected chi connectivity index (χ2v) is 8.12. The Morgan fingerprint density at radius 2 is 2.03 bits per heavy atom. The largest absolute Gasteiger partial charge is 0.493 e. The summed E-state index contributed by atoms with van der Waals surface area (Å²) in [5.74, 6) is 2.05. The van der Waals surface area contributed by atoms with Gasteiger partial charge in [0, 0.05) is 16.5 Å². The fourth-order valence-electron chi connectivity index (χ4n) is 2.74. The normalized spacial score (nSPS) is 10.8. The molecule has 1 heterocycles. The van der Waals surface area contributed by atoms with E-state index in [4.69, 9.17) is 44.9 Å². The monoisotopic (exact) mass is 516 g/mol. The second kappa shape index (κ2) is 9.84. The fraction of sp³-hybridized carbons (Fsp3) is 0.263. The standard InChI is InChI=1S/C19H19BrCl2N4O2S/c1-3-17-24-25-19(29)26(17)23-9-12-13(20)5-7-16(27-2)18(12)28-10-11-4-6-14(21)15(22)8-11/h4-8,23H,3,9-10H2,1-2H3,(H,25,29). The van der Waals surface area contributed by atoms with Gasteiger partial charge in [0.25, 0.3) is 0 Å². The van der Waals surface area contributed by atoms with Crippen molar-refractivity contribution in [1.29, 1.82) is 0 Å². The minimum absolute atomic E-state index is 0.308. The molecule has 0 saturated heterocycles. The van der Waals surface area contributed by atoms with E-state index >= 15 is 0 Å². The number of aromatic amines is 1. The van der Waals surface area contributed by atoms with Gasteiger partial charge in [-0.25, -0.2) is 4.68 Å². The zero-order chi connectivity index (χ0) is 21.0. The highest BCUT2D eigenvalue weighted by atomic mass is 79.9. The highest BCUT2D eigenvalue weighted by Gasteiger charge is 2.16. The summed E-state index contributed by atoms with van der Waals surface area (Å²) in [4.78, 5) is 0. The van der Waals surface area contributed by atoms with Crippen molar-refractivity contribution in [1.82, 2.24) is 14.9 Å². The molecule has 3 aromatic rings. The van der Waals surface area contributed by atoms with Crippen LogP contribution in [0.25, 0.3) is 0 Å². The van der Waals surface area contributed by atoms with E-state index in [0.29, 0.717) is 39.5 Å². The molecule has 0 spiro atoms. The number of H-pyrrole nitrogens is 1. The first-order valence-electron chi connectivity index (χ1n) is 8.76. The molecule has 29 heavy (non-hydrogen) atoms. The molecule has 0 aliphatic rings. The SMILES string of the molecule is CCc1n[nH]c(=S)n1NCc1c(Br)ccc(OC)c1OCc1ccc(Cl)c(Cl)c1. The first kappa shape index (κ1) is 22.0. The van der Waals surface area contributed by atoms with Crippen LogP contribution in [-0.4, -0.2) is 22.0 Å². The maximum absolute atomic E-state index is 6.12. The van der Waals surface area contributed by atoms with Crippen molar-refractivity contribution in [2.24, 2.45) is 0 Å². The minimum Gasteiger partial charge on any atom is -0.493 e. The number of methoxy groups -OCH3 is 1. The third-order valence-electron chi connectivity index (χ3n) is 4.23. The Balaban J connectivity index is 1.87. The molecule has 2 aromatic carbocycles. The molecular formula is C19H19BrCl2N4O2S. The number of benzene rings is 2. The minimum atomic E-state index is 0.308. The maximum Gasteiger partial charge on any atom is 0.214 e. The predicted octanol–water partition coefficient (Wildman–Crippen LogP) is 5.90. The van der Waals surface area contributed by atoms with E-state index in [9.17, 15) is 0 Å².